The number of carbonyl (C=O) groups excluding carboxylic acids is 2. The number of benzene rings is 2. The van der Waals surface area contributed by atoms with Crippen molar-refractivity contribution in [3.63, 3.8) is 0 Å². The largest absolute Gasteiger partial charge is 0.333 e. The Hall–Kier alpha value is -2.82. The van der Waals surface area contributed by atoms with E-state index in [1.807, 2.05) is 69.3 Å². The topological polar surface area (TPSA) is 61.4 Å². The van der Waals surface area contributed by atoms with Crippen LogP contribution in [-0.4, -0.2) is 24.0 Å². The SMILES string of the molecule is CC(C)(C)NC(=O)Nc1ccc2c(c1)N(C(=O)c1ccccc1)CCC2. The fourth-order valence-corrected chi connectivity index (χ4v) is 3.10. The summed E-state index contributed by atoms with van der Waals surface area (Å²) >= 11 is 0. The van der Waals surface area contributed by atoms with Crippen LogP contribution in [0.3, 0.4) is 0 Å². The van der Waals surface area contributed by atoms with Gasteiger partial charge in [0.05, 0.1) is 0 Å². The van der Waals surface area contributed by atoms with Crippen LogP contribution in [0.2, 0.25) is 0 Å². The lowest BCUT2D eigenvalue weighted by molar-refractivity contribution is 0.0985. The lowest BCUT2D eigenvalue weighted by atomic mass is 10.00. The van der Waals surface area contributed by atoms with Gasteiger partial charge < -0.3 is 15.5 Å². The van der Waals surface area contributed by atoms with Crippen LogP contribution in [0, 0.1) is 0 Å². The van der Waals surface area contributed by atoms with Crippen molar-refractivity contribution >= 4 is 23.3 Å². The molecule has 0 saturated heterocycles. The molecular weight excluding hydrogens is 326 g/mol. The second kappa shape index (κ2) is 7.20. The summed E-state index contributed by atoms with van der Waals surface area (Å²) in [6.07, 6.45) is 1.87. The molecule has 2 aromatic rings. The molecule has 0 radical (unpaired) electrons. The first-order valence-corrected chi connectivity index (χ1v) is 8.92. The third-order valence-corrected chi connectivity index (χ3v) is 4.22. The molecule has 0 saturated carbocycles. The molecule has 0 atom stereocenters. The number of fused-ring (bicyclic) bond motifs is 1. The Labute approximate surface area is 154 Å². The van der Waals surface area contributed by atoms with Crippen molar-refractivity contribution < 1.29 is 9.59 Å². The van der Waals surface area contributed by atoms with E-state index >= 15 is 0 Å². The van der Waals surface area contributed by atoms with Crippen molar-refractivity contribution in [2.75, 3.05) is 16.8 Å². The molecular formula is C21H25N3O2. The van der Waals surface area contributed by atoms with Gasteiger partial charge in [-0.1, -0.05) is 24.3 Å². The van der Waals surface area contributed by atoms with Gasteiger partial charge in [-0.05, 0) is 63.4 Å². The number of urea groups is 1. The van der Waals surface area contributed by atoms with E-state index in [1.54, 1.807) is 4.90 Å². The summed E-state index contributed by atoms with van der Waals surface area (Å²) in [5.74, 6) is -0.0113. The number of rotatable bonds is 2. The maximum Gasteiger partial charge on any atom is 0.319 e. The number of nitrogens with one attached hydrogen (secondary N) is 2. The van der Waals surface area contributed by atoms with Crippen LogP contribution < -0.4 is 15.5 Å². The highest BCUT2D eigenvalue weighted by atomic mass is 16.2. The lowest BCUT2D eigenvalue weighted by Crippen LogP contribution is -2.43. The minimum absolute atomic E-state index is 0.0113. The fourth-order valence-electron chi connectivity index (χ4n) is 3.10. The summed E-state index contributed by atoms with van der Waals surface area (Å²) in [6, 6.07) is 14.8. The van der Waals surface area contributed by atoms with Crippen molar-refractivity contribution in [2.45, 2.75) is 39.2 Å². The summed E-state index contributed by atoms with van der Waals surface area (Å²) in [4.78, 5) is 26.8. The van der Waals surface area contributed by atoms with E-state index < -0.39 is 0 Å². The quantitative estimate of drug-likeness (QED) is 0.852. The van der Waals surface area contributed by atoms with Crippen molar-refractivity contribution in [2.24, 2.45) is 0 Å². The van der Waals surface area contributed by atoms with E-state index in [2.05, 4.69) is 10.6 Å². The molecule has 3 rings (SSSR count). The standard InChI is InChI=1S/C21H25N3O2/c1-21(2,3)23-20(26)22-17-12-11-15-10-7-13-24(18(15)14-17)19(25)16-8-5-4-6-9-16/h4-6,8-9,11-12,14H,7,10,13H2,1-3H3,(H2,22,23,26). The van der Waals surface area contributed by atoms with Gasteiger partial charge in [0, 0.05) is 29.0 Å². The molecule has 2 aromatic carbocycles. The van der Waals surface area contributed by atoms with E-state index in [0.29, 0.717) is 17.8 Å². The van der Waals surface area contributed by atoms with E-state index in [9.17, 15) is 9.59 Å². The average molecular weight is 351 g/mol. The molecule has 0 aromatic heterocycles. The van der Waals surface area contributed by atoms with Crippen LogP contribution in [0.1, 0.15) is 43.1 Å². The first-order chi connectivity index (χ1) is 12.3. The van der Waals surface area contributed by atoms with Crippen LogP contribution in [-0.2, 0) is 6.42 Å². The molecule has 26 heavy (non-hydrogen) atoms. The maximum absolute atomic E-state index is 12.9. The number of amides is 3. The number of hydrogen-bond donors (Lipinski definition) is 2. The Morgan fingerprint density at radius 2 is 1.77 bits per heavy atom. The van der Waals surface area contributed by atoms with Crippen molar-refractivity contribution in [1.29, 1.82) is 0 Å². The highest BCUT2D eigenvalue weighted by molar-refractivity contribution is 6.07. The molecule has 0 bridgehead atoms. The summed E-state index contributed by atoms with van der Waals surface area (Å²) in [5, 5.41) is 5.74. The molecule has 5 heteroatoms. The van der Waals surface area contributed by atoms with Gasteiger partial charge >= 0.3 is 6.03 Å². The van der Waals surface area contributed by atoms with Gasteiger partial charge in [0.15, 0.2) is 0 Å². The van der Waals surface area contributed by atoms with Crippen LogP contribution in [0.25, 0.3) is 0 Å². The molecule has 0 fully saturated rings. The van der Waals surface area contributed by atoms with Gasteiger partial charge in [0.2, 0.25) is 0 Å². The second-order valence-corrected chi connectivity index (χ2v) is 7.60. The number of nitrogens with zero attached hydrogens (tertiary/aromatic N) is 1. The molecule has 2 N–H and O–H groups in total. The van der Waals surface area contributed by atoms with Gasteiger partial charge in [0.1, 0.15) is 0 Å². The molecule has 1 aliphatic rings. The first-order valence-electron chi connectivity index (χ1n) is 8.92. The van der Waals surface area contributed by atoms with Crippen LogP contribution >= 0.6 is 0 Å². The van der Waals surface area contributed by atoms with Gasteiger partial charge in [-0.3, -0.25) is 4.79 Å². The van der Waals surface area contributed by atoms with Gasteiger partial charge in [-0.25, -0.2) is 4.79 Å². The molecule has 0 aliphatic carbocycles. The summed E-state index contributed by atoms with van der Waals surface area (Å²) in [7, 11) is 0. The normalized spacial score (nSPS) is 13.7. The molecule has 0 spiro atoms. The predicted molar refractivity (Wildman–Crippen MR) is 105 cm³/mol. The van der Waals surface area contributed by atoms with E-state index in [-0.39, 0.29) is 17.5 Å². The van der Waals surface area contributed by atoms with Crippen LogP contribution in [0.15, 0.2) is 48.5 Å². The van der Waals surface area contributed by atoms with Crippen molar-refractivity contribution in [3.05, 3.63) is 59.7 Å². The highest BCUT2D eigenvalue weighted by Gasteiger charge is 2.24. The molecule has 0 unspecified atom stereocenters. The van der Waals surface area contributed by atoms with Crippen LogP contribution in [0.4, 0.5) is 16.2 Å². The predicted octanol–water partition coefficient (Wildman–Crippen LogP) is 4.20. The Balaban J connectivity index is 1.84. The smallest absolute Gasteiger partial charge is 0.319 e. The van der Waals surface area contributed by atoms with E-state index in [1.165, 1.54) is 0 Å². The lowest BCUT2D eigenvalue weighted by Gasteiger charge is -2.30. The minimum Gasteiger partial charge on any atom is -0.333 e. The Morgan fingerprint density at radius 1 is 1.04 bits per heavy atom. The van der Waals surface area contributed by atoms with Crippen LogP contribution in [0.5, 0.6) is 0 Å². The number of carbonyl (C=O) groups is 2. The Bertz CT molecular complexity index is 810. The Morgan fingerprint density at radius 3 is 2.46 bits per heavy atom. The number of anilines is 2. The average Bonchev–Trinajstić information content (AvgIpc) is 2.59. The monoisotopic (exact) mass is 351 g/mol. The van der Waals surface area contributed by atoms with Gasteiger partial charge in [-0.15, -0.1) is 0 Å². The highest BCUT2D eigenvalue weighted by Crippen LogP contribution is 2.31. The van der Waals surface area contributed by atoms with Gasteiger partial charge in [0.25, 0.3) is 5.91 Å². The summed E-state index contributed by atoms with van der Waals surface area (Å²) in [5.41, 5.74) is 3.04. The maximum atomic E-state index is 12.9. The third kappa shape index (κ3) is 4.23. The molecule has 3 amide bonds. The fraction of sp³-hybridized carbons (Fsp3) is 0.333. The van der Waals surface area contributed by atoms with E-state index in [0.717, 1.165) is 24.1 Å². The molecule has 5 nitrogen and oxygen atoms in total. The zero-order valence-electron chi connectivity index (χ0n) is 15.5. The summed E-state index contributed by atoms with van der Waals surface area (Å²) in [6.45, 7) is 6.47. The number of hydrogen-bond acceptors (Lipinski definition) is 2. The molecule has 1 aliphatic heterocycles. The summed E-state index contributed by atoms with van der Waals surface area (Å²) < 4.78 is 0. The zero-order valence-corrected chi connectivity index (χ0v) is 15.5. The number of aryl methyl sites for hydroxylation is 1. The zero-order chi connectivity index (χ0) is 18.7. The molecule has 136 valence electrons. The second-order valence-electron chi connectivity index (χ2n) is 7.60. The van der Waals surface area contributed by atoms with Gasteiger partial charge in [-0.2, -0.15) is 0 Å². The minimum atomic E-state index is -0.312. The van der Waals surface area contributed by atoms with Crippen molar-refractivity contribution in [1.82, 2.24) is 5.32 Å². The van der Waals surface area contributed by atoms with E-state index in [4.69, 9.17) is 0 Å². The third-order valence-electron chi connectivity index (χ3n) is 4.22. The molecule has 1 heterocycles. The Kier molecular flexibility index (Phi) is 4.98. The van der Waals surface area contributed by atoms with Crippen molar-refractivity contribution in [3.8, 4) is 0 Å². The first kappa shape index (κ1) is 18.0.